The smallest absolute Gasteiger partial charge is 0.341 e. The van der Waals surface area contributed by atoms with Crippen LogP contribution in [0, 0.1) is 0 Å². The molecular weight excluding hydrogens is 270 g/mol. The molecule has 2 aromatic rings. The maximum atomic E-state index is 12.3. The van der Waals surface area contributed by atoms with E-state index in [0.29, 0.717) is 23.3 Å². The van der Waals surface area contributed by atoms with Gasteiger partial charge >= 0.3 is 5.97 Å². The van der Waals surface area contributed by atoms with Gasteiger partial charge in [-0.1, -0.05) is 6.92 Å². The number of carboxylic acid groups (broad SMARTS) is 1. The van der Waals surface area contributed by atoms with E-state index >= 15 is 0 Å². The molecule has 0 saturated heterocycles. The first kappa shape index (κ1) is 15.1. The van der Waals surface area contributed by atoms with Crippen LogP contribution in [0.4, 0.5) is 0 Å². The molecule has 1 aromatic heterocycles. The van der Waals surface area contributed by atoms with E-state index in [1.165, 1.54) is 6.20 Å². The van der Waals surface area contributed by atoms with Crippen LogP contribution in [0.3, 0.4) is 0 Å². The van der Waals surface area contributed by atoms with Gasteiger partial charge in [-0.2, -0.15) is 0 Å². The molecule has 1 aromatic carbocycles. The summed E-state index contributed by atoms with van der Waals surface area (Å²) >= 11 is 0. The Bertz CT molecular complexity index is 731. The maximum Gasteiger partial charge on any atom is 0.341 e. The molecule has 1 heterocycles. The number of benzene rings is 1. The van der Waals surface area contributed by atoms with Crippen LogP contribution < -0.4 is 10.2 Å². The molecule has 112 valence electrons. The van der Waals surface area contributed by atoms with E-state index in [4.69, 9.17) is 4.74 Å². The largest absolute Gasteiger partial charge is 0.494 e. The average molecular weight is 289 g/mol. The van der Waals surface area contributed by atoms with Gasteiger partial charge in [0.25, 0.3) is 0 Å². The van der Waals surface area contributed by atoms with Crippen molar-refractivity contribution in [2.24, 2.45) is 0 Å². The first-order valence-corrected chi connectivity index (χ1v) is 7.00. The molecule has 0 aliphatic rings. The lowest BCUT2D eigenvalue weighted by molar-refractivity contribution is 0.0694. The molecule has 0 unspecified atom stereocenters. The zero-order valence-corrected chi connectivity index (χ0v) is 12.4. The lowest BCUT2D eigenvalue weighted by Gasteiger charge is -2.16. The average Bonchev–Trinajstić information content (AvgIpc) is 2.45. The molecule has 5 heteroatoms. The number of carboxylic acids is 1. The molecule has 1 N–H and O–H groups in total. The summed E-state index contributed by atoms with van der Waals surface area (Å²) in [6, 6.07) is 5.27. The van der Waals surface area contributed by atoms with E-state index < -0.39 is 11.4 Å². The second kappa shape index (κ2) is 5.99. The molecule has 0 bridgehead atoms. The summed E-state index contributed by atoms with van der Waals surface area (Å²) in [6.45, 7) is 6.44. The first-order valence-electron chi connectivity index (χ1n) is 7.00. The van der Waals surface area contributed by atoms with Crippen molar-refractivity contribution >= 4 is 16.9 Å². The Hall–Kier alpha value is -2.30. The van der Waals surface area contributed by atoms with Gasteiger partial charge in [0, 0.05) is 12.2 Å². The molecule has 5 nitrogen and oxygen atoms in total. The van der Waals surface area contributed by atoms with Crippen molar-refractivity contribution in [2.75, 3.05) is 6.61 Å². The molecule has 0 spiro atoms. The topological polar surface area (TPSA) is 68.5 Å². The highest BCUT2D eigenvalue weighted by Gasteiger charge is 2.16. The van der Waals surface area contributed by atoms with Gasteiger partial charge in [0.1, 0.15) is 11.3 Å². The summed E-state index contributed by atoms with van der Waals surface area (Å²) in [6.07, 6.45) is 2.27. The quantitative estimate of drug-likeness (QED) is 0.918. The van der Waals surface area contributed by atoms with E-state index in [-0.39, 0.29) is 11.6 Å². The van der Waals surface area contributed by atoms with Crippen LogP contribution in [0.2, 0.25) is 0 Å². The molecule has 0 fully saturated rings. The zero-order valence-electron chi connectivity index (χ0n) is 12.4. The van der Waals surface area contributed by atoms with Crippen LogP contribution in [0.25, 0.3) is 10.9 Å². The number of pyridine rings is 1. The Morgan fingerprint density at radius 2 is 2.10 bits per heavy atom. The SMILES string of the molecule is CCCOc1ccc2c(c1)c(=O)c(C(=O)O)cn2C(C)C. The number of hydrogen-bond acceptors (Lipinski definition) is 3. The highest BCUT2D eigenvalue weighted by Crippen LogP contribution is 2.22. The van der Waals surface area contributed by atoms with Crippen LogP contribution in [0.1, 0.15) is 43.6 Å². The zero-order chi connectivity index (χ0) is 15.6. The molecule has 2 rings (SSSR count). The number of nitrogens with zero attached hydrogens (tertiary/aromatic N) is 1. The van der Waals surface area contributed by atoms with E-state index in [1.807, 2.05) is 20.8 Å². The predicted octanol–water partition coefficient (Wildman–Crippen LogP) is 3.07. The fraction of sp³-hybridized carbons (Fsp3) is 0.375. The van der Waals surface area contributed by atoms with E-state index in [0.717, 1.165) is 6.42 Å². The van der Waals surface area contributed by atoms with Gasteiger partial charge in [0.15, 0.2) is 0 Å². The van der Waals surface area contributed by atoms with Crippen molar-refractivity contribution in [3.05, 3.63) is 40.2 Å². The van der Waals surface area contributed by atoms with Gasteiger partial charge in [0.05, 0.1) is 17.5 Å². The highest BCUT2D eigenvalue weighted by molar-refractivity contribution is 5.93. The third-order valence-corrected chi connectivity index (χ3v) is 3.26. The van der Waals surface area contributed by atoms with Gasteiger partial charge in [0.2, 0.25) is 5.43 Å². The summed E-state index contributed by atoms with van der Waals surface area (Å²) < 4.78 is 7.32. The number of hydrogen-bond donors (Lipinski definition) is 1. The number of carbonyl (C=O) groups is 1. The van der Waals surface area contributed by atoms with Crippen LogP contribution in [-0.4, -0.2) is 22.2 Å². The summed E-state index contributed by atoms with van der Waals surface area (Å²) in [5, 5.41) is 9.57. The third kappa shape index (κ3) is 2.91. The molecule has 0 amide bonds. The highest BCUT2D eigenvalue weighted by atomic mass is 16.5. The van der Waals surface area contributed by atoms with Crippen LogP contribution in [0.15, 0.2) is 29.2 Å². The second-order valence-corrected chi connectivity index (χ2v) is 5.21. The lowest BCUT2D eigenvalue weighted by atomic mass is 10.1. The number of aromatic nitrogens is 1. The molecule has 21 heavy (non-hydrogen) atoms. The van der Waals surface area contributed by atoms with Crippen molar-refractivity contribution in [3.8, 4) is 5.75 Å². The van der Waals surface area contributed by atoms with Crippen molar-refractivity contribution in [1.82, 2.24) is 4.57 Å². The fourth-order valence-electron chi connectivity index (χ4n) is 2.22. The van der Waals surface area contributed by atoms with Crippen molar-refractivity contribution in [3.63, 3.8) is 0 Å². The summed E-state index contributed by atoms with van der Waals surface area (Å²) in [7, 11) is 0. The molecule has 0 radical (unpaired) electrons. The second-order valence-electron chi connectivity index (χ2n) is 5.21. The standard InChI is InChI=1S/C16H19NO4/c1-4-7-21-11-5-6-14-12(8-11)15(18)13(16(19)20)9-17(14)10(2)3/h5-6,8-10H,4,7H2,1-3H3,(H,19,20). The van der Waals surface area contributed by atoms with E-state index in [1.54, 1.807) is 22.8 Å². The van der Waals surface area contributed by atoms with E-state index in [9.17, 15) is 14.7 Å². The number of ether oxygens (including phenoxy) is 1. The third-order valence-electron chi connectivity index (χ3n) is 3.26. The predicted molar refractivity (Wildman–Crippen MR) is 81.3 cm³/mol. The normalized spacial score (nSPS) is 11.0. The Labute approximate surface area is 122 Å². The molecular formula is C16H19NO4. The van der Waals surface area contributed by atoms with Crippen LogP contribution >= 0.6 is 0 Å². The number of rotatable bonds is 5. The summed E-state index contributed by atoms with van der Waals surface area (Å²) in [4.78, 5) is 23.6. The Balaban J connectivity index is 2.73. The van der Waals surface area contributed by atoms with Crippen molar-refractivity contribution in [1.29, 1.82) is 0 Å². The lowest BCUT2D eigenvalue weighted by Crippen LogP contribution is -2.19. The van der Waals surface area contributed by atoms with Gasteiger partial charge in [-0.05, 0) is 38.5 Å². The summed E-state index contributed by atoms with van der Waals surface area (Å²) in [5.41, 5.74) is 0.0176. The minimum Gasteiger partial charge on any atom is -0.494 e. The van der Waals surface area contributed by atoms with Gasteiger partial charge in [-0.3, -0.25) is 4.79 Å². The van der Waals surface area contributed by atoms with Crippen molar-refractivity contribution < 1.29 is 14.6 Å². The van der Waals surface area contributed by atoms with Gasteiger partial charge in [-0.25, -0.2) is 4.79 Å². The molecule has 0 atom stereocenters. The first-order chi connectivity index (χ1) is 9.95. The number of fused-ring (bicyclic) bond motifs is 1. The molecule has 0 aliphatic carbocycles. The Kier molecular flexibility index (Phi) is 4.31. The van der Waals surface area contributed by atoms with Crippen LogP contribution in [0.5, 0.6) is 5.75 Å². The molecule has 0 saturated carbocycles. The monoisotopic (exact) mass is 289 g/mol. The Morgan fingerprint density at radius 1 is 1.38 bits per heavy atom. The maximum absolute atomic E-state index is 12.3. The van der Waals surface area contributed by atoms with E-state index in [2.05, 4.69) is 0 Å². The molecule has 0 aliphatic heterocycles. The minimum atomic E-state index is -1.21. The fourth-order valence-corrected chi connectivity index (χ4v) is 2.22. The Morgan fingerprint density at radius 3 is 2.67 bits per heavy atom. The van der Waals surface area contributed by atoms with Crippen molar-refractivity contribution in [2.45, 2.75) is 33.2 Å². The number of aromatic carboxylic acids is 1. The van der Waals surface area contributed by atoms with Gasteiger partial charge in [-0.15, -0.1) is 0 Å². The summed E-state index contributed by atoms with van der Waals surface area (Å²) in [5.74, 6) is -0.629. The van der Waals surface area contributed by atoms with Crippen LogP contribution in [-0.2, 0) is 0 Å². The van der Waals surface area contributed by atoms with Gasteiger partial charge < -0.3 is 14.4 Å². The minimum absolute atomic E-state index is 0.0496.